The van der Waals surface area contributed by atoms with Crippen LogP contribution in [-0.4, -0.2) is 12.5 Å². The fourth-order valence-corrected chi connectivity index (χ4v) is 2.66. The molecule has 0 saturated carbocycles. The number of amides is 1. The van der Waals surface area contributed by atoms with Gasteiger partial charge in [-0.25, -0.2) is 0 Å². The first-order chi connectivity index (χ1) is 7.79. The Labute approximate surface area is 100 Å². The van der Waals surface area contributed by atoms with Crippen LogP contribution in [0.3, 0.4) is 0 Å². The van der Waals surface area contributed by atoms with Crippen molar-refractivity contribution in [3.05, 3.63) is 0 Å². The third-order valence-electron chi connectivity index (χ3n) is 3.74. The normalized spacial score (nSPS) is 24.8. The van der Waals surface area contributed by atoms with Crippen LogP contribution in [-0.2, 0) is 4.79 Å². The van der Waals surface area contributed by atoms with Gasteiger partial charge in [0.05, 0.1) is 0 Å². The van der Waals surface area contributed by atoms with Crippen molar-refractivity contribution in [3.63, 3.8) is 0 Å². The number of nitrogens with one attached hydrogen (secondary N) is 1. The second-order valence-corrected chi connectivity index (χ2v) is 5.10. The summed E-state index contributed by atoms with van der Waals surface area (Å²) in [6.07, 6.45) is 9.96. The number of carbonyl (C=O) groups excluding carboxylic acids is 1. The van der Waals surface area contributed by atoms with Crippen molar-refractivity contribution >= 4 is 5.91 Å². The Balaban J connectivity index is 2.28. The lowest BCUT2D eigenvalue weighted by Gasteiger charge is -2.16. The Morgan fingerprint density at radius 1 is 1.06 bits per heavy atom. The van der Waals surface area contributed by atoms with Crippen LogP contribution in [0.5, 0.6) is 0 Å². The standard InChI is InChI=1S/C14H27NO/c1-3-5-7-9-12-11-15-14(16)13(12)10-8-6-4-2/h12-13H,3-11H2,1-2H3,(H,15,16). The summed E-state index contributed by atoms with van der Waals surface area (Å²) in [5.41, 5.74) is 0. The third kappa shape index (κ3) is 4.15. The zero-order valence-electron chi connectivity index (χ0n) is 10.9. The van der Waals surface area contributed by atoms with Gasteiger partial charge in [-0.15, -0.1) is 0 Å². The Bertz CT molecular complexity index is 203. The predicted octanol–water partition coefficient (Wildman–Crippen LogP) is 3.51. The highest BCUT2D eigenvalue weighted by molar-refractivity contribution is 5.81. The maximum Gasteiger partial charge on any atom is 0.223 e. The van der Waals surface area contributed by atoms with Gasteiger partial charge in [0, 0.05) is 12.5 Å². The SMILES string of the molecule is CCCCCC1CNC(=O)C1CCCCC. The molecule has 2 heteroatoms. The molecule has 0 aromatic heterocycles. The molecule has 0 aliphatic carbocycles. The highest BCUT2D eigenvalue weighted by atomic mass is 16.2. The summed E-state index contributed by atoms with van der Waals surface area (Å²) in [6.45, 7) is 5.38. The minimum atomic E-state index is 0.317. The smallest absolute Gasteiger partial charge is 0.223 e. The van der Waals surface area contributed by atoms with Crippen LogP contribution in [0.25, 0.3) is 0 Å². The first kappa shape index (κ1) is 13.5. The van der Waals surface area contributed by atoms with E-state index in [1.165, 1.54) is 44.9 Å². The quantitative estimate of drug-likeness (QED) is 0.629. The van der Waals surface area contributed by atoms with E-state index in [-0.39, 0.29) is 0 Å². The van der Waals surface area contributed by atoms with E-state index in [4.69, 9.17) is 0 Å². The molecule has 0 radical (unpaired) electrons. The molecule has 2 nitrogen and oxygen atoms in total. The van der Waals surface area contributed by atoms with Crippen molar-refractivity contribution in [3.8, 4) is 0 Å². The second-order valence-electron chi connectivity index (χ2n) is 5.10. The van der Waals surface area contributed by atoms with Crippen LogP contribution in [0.2, 0.25) is 0 Å². The van der Waals surface area contributed by atoms with Gasteiger partial charge in [-0.05, 0) is 18.8 Å². The van der Waals surface area contributed by atoms with Gasteiger partial charge in [0.25, 0.3) is 0 Å². The molecule has 1 aliphatic heterocycles. The molecule has 0 aromatic carbocycles. The molecule has 94 valence electrons. The fraction of sp³-hybridized carbons (Fsp3) is 0.929. The summed E-state index contributed by atoms with van der Waals surface area (Å²) in [6, 6.07) is 0. The van der Waals surface area contributed by atoms with Crippen LogP contribution in [0, 0.1) is 11.8 Å². The van der Waals surface area contributed by atoms with Crippen LogP contribution in [0.15, 0.2) is 0 Å². The van der Waals surface area contributed by atoms with Gasteiger partial charge in [0.1, 0.15) is 0 Å². The van der Waals surface area contributed by atoms with Gasteiger partial charge in [-0.3, -0.25) is 4.79 Å². The molecule has 1 fully saturated rings. The number of unbranched alkanes of at least 4 members (excludes halogenated alkanes) is 4. The monoisotopic (exact) mass is 225 g/mol. The molecule has 2 unspecified atom stereocenters. The summed E-state index contributed by atoms with van der Waals surface area (Å²) in [5, 5.41) is 3.03. The van der Waals surface area contributed by atoms with Crippen molar-refractivity contribution in [1.82, 2.24) is 5.32 Å². The Morgan fingerprint density at radius 2 is 1.69 bits per heavy atom. The molecule has 1 heterocycles. The summed E-state index contributed by atoms with van der Waals surface area (Å²) in [5.74, 6) is 1.26. The molecular weight excluding hydrogens is 198 g/mol. The molecule has 0 bridgehead atoms. The van der Waals surface area contributed by atoms with Crippen LogP contribution in [0.1, 0.15) is 65.2 Å². The summed E-state index contributed by atoms with van der Waals surface area (Å²) in [7, 11) is 0. The van der Waals surface area contributed by atoms with E-state index < -0.39 is 0 Å². The average molecular weight is 225 g/mol. The number of rotatable bonds is 8. The molecular formula is C14H27NO. The minimum absolute atomic E-state index is 0.317. The van der Waals surface area contributed by atoms with E-state index >= 15 is 0 Å². The van der Waals surface area contributed by atoms with Crippen molar-refractivity contribution < 1.29 is 4.79 Å². The van der Waals surface area contributed by atoms with Crippen molar-refractivity contribution in [2.75, 3.05) is 6.54 Å². The molecule has 0 aromatic rings. The van der Waals surface area contributed by atoms with Gasteiger partial charge in [0.2, 0.25) is 5.91 Å². The van der Waals surface area contributed by atoms with Gasteiger partial charge in [-0.2, -0.15) is 0 Å². The van der Waals surface area contributed by atoms with Gasteiger partial charge in [-0.1, -0.05) is 52.4 Å². The predicted molar refractivity (Wildman–Crippen MR) is 68.3 cm³/mol. The molecule has 1 amide bonds. The van der Waals surface area contributed by atoms with E-state index in [1.54, 1.807) is 0 Å². The molecule has 1 aliphatic rings. The third-order valence-corrected chi connectivity index (χ3v) is 3.74. The Kier molecular flexibility index (Phi) is 6.51. The molecule has 1 N–H and O–H groups in total. The molecule has 1 rings (SSSR count). The van der Waals surface area contributed by atoms with Crippen molar-refractivity contribution in [1.29, 1.82) is 0 Å². The summed E-state index contributed by atoms with van der Waals surface area (Å²) < 4.78 is 0. The number of carbonyl (C=O) groups is 1. The highest BCUT2D eigenvalue weighted by Crippen LogP contribution is 2.28. The topological polar surface area (TPSA) is 29.1 Å². The molecule has 16 heavy (non-hydrogen) atoms. The highest BCUT2D eigenvalue weighted by Gasteiger charge is 2.33. The van der Waals surface area contributed by atoms with E-state index in [0.717, 1.165) is 13.0 Å². The van der Waals surface area contributed by atoms with E-state index in [1.807, 2.05) is 0 Å². The van der Waals surface area contributed by atoms with E-state index in [0.29, 0.717) is 17.7 Å². The van der Waals surface area contributed by atoms with Gasteiger partial charge < -0.3 is 5.32 Å². The zero-order chi connectivity index (χ0) is 11.8. The van der Waals surface area contributed by atoms with Crippen LogP contribution in [0.4, 0.5) is 0 Å². The second kappa shape index (κ2) is 7.70. The summed E-state index contributed by atoms with van der Waals surface area (Å²) >= 11 is 0. The lowest BCUT2D eigenvalue weighted by Crippen LogP contribution is -2.19. The van der Waals surface area contributed by atoms with Crippen molar-refractivity contribution in [2.24, 2.45) is 11.8 Å². The van der Waals surface area contributed by atoms with E-state index in [9.17, 15) is 4.79 Å². The molecule has 2 atom stereocenters. The maximum absolute atomic E-state index is 11.7. The zero-order valence-corrected chi connectivity index (χ0v) is 10.9. The van der Waals surface area contributed by atoms with Gasteiger partial charge >= 0.3 is 0 Å². The van der Waals surface area contributed by atoms with E-state index in [2.05, 4.69) is 19.2 Å². The molecule has 0 spiro atoms. The molecule has 1 saturated heterocycles. The number of hydrogen-bond donors (Lipinski definition) is 1. The average Bonchev–Trinajstić information content (AvgIpc) is 2.62. The largest absolute Gasteiger partial charge is 0.356 e. The van der Waals surface area contributed by atoms with Crippen LogP contribution < -0.4 is 5.32 Å². The Hall–Kier alpha value is -0.530. The lowest BCUT2D eigenvalue weighted by molar-refractivity contribution is -0.123. The lowest BCUT2D eigenvalue weighted by atomic mass is 9.86. The summed E-state index contributed by atoms with van der Waals surface area (Å²) in [4.78, 5) is 11.7. The first-order valence-electron chi connectivity index (χ1n) is 7.07. The fourth-order valence-electron chi connectivity index (χ4n) is 2.66. The minimum Gasteiger partial charge on any atom is -0.356 e. The van der Waals surface area contributed by atoms with Crippen LogP contribution >= 0.6 is 0 Å². The van der Waals surface area contributed by atoms with Gasteiger partial charge in [0.15, 0.2) is 0 Å². The Morgan fingerprint density at radius 3 is 2.31 bits per heavy atom. The number of hydrogen-bond acceptors (Lipinski definition) is 1. The first-order valence-corrected chi connectivity index (χ1v) is 7.07. The maximum atomic E-state index is 11.7. The van der Waals surface area contributed by atoms with Crippen molar-refractivity contribution in [2.45, 2.75) is 65.2 Å².